The van der Waals surface area contributed by atoms with Crippen LogP contribution in [0, 0.1) is 0 Å². The maximum atomic E-state index is 13.9. The van der Waals surface area contributed by atoms with Crippen LogP contribution in [0.25, 0.3) is 0 Å². The number of hydrogen-bond donors (Lipinski definition) is 0. The van der Waals surface area contributed by atoms with Crippen LogP contribution in [-0.4, -0.2) is 36.5 Å². The van der Waals surface area contributed by atoms with Crippen LogP contribution in [0.4, 0.5) is 17.6 Å². The molecular formula is C14H18F4O4. The van der Waals surface area contributed by atoms with E-state index in [4.69, 9.17) is 0 Å². The second kappa shape index (κ2) is 7.42. The molecule has 0 saturated heterocycles. The molecule has 0 aliphatic carbocycles. The maximum absolute atomic E-state index is 13.9. The Balaban J connectivity index is 5.11. The molecule has 0 N–H and O–H groups in total. The second-order valence-corrected chi connectivity index (χ2v) is 4.77. The predicted molar refractivity (Wildman–Crippen MR) is 70.7 cm³/mol. The number of halogens is 4. The normalized spacial score (nSPS) is 13.2. The zero-order valence-electron chi connectivity index (χ0n) is 12.6. The van der Waals surface area contributed by atoms with Crippen molar-refractivity contribution in [2.45, 2.75) is 45.1 Å². The summed E-state index contributed by atoms with van der Waals surface area (Å²) in [5.41, 5.74) is -0.411. The van der Waals surface area contributed by atoms with Gasteiger partial charge in [-0.25, -0.2) is 9.59 Å². The molecule has 126 valence electrons. The van der Waals surface area contributed by atoms with Gasteiger partial charge in [0.25, 0.3) is 0 Å². The molecule has 0 amide bonds. The van der Waals surface area contributed by atoms with Gasteiger partial charge in [-0.3, -0.25) is 0 Å². The van der Waals surface area contributed by atoms with Crippen LogP contribution in [0.2, 0.25) is 0 Å². The van der Waals surface area contributed by atoms with E-state index in [1.54, 1.807) is 0 Å². The number of carbonyl (C=O) groups is 2. The van der Waals surface area contributed by atoms with Gasteiger partial charge in [-0.15, -0.1) is 0 Å². The molecular weight excluding hydrogens is 308 g/mol. The fourth-order valence-electron chi connectivity index (χ4n) is 1.25. The molecule has 22 heavy (non-hydrogen) atoms. The summed E-state index contributed by atoms with van der Waals surface area (Å²) in [7, 11) is 0. The molecule has 0 heterocycles. The molecule has 8 heteroatoms. The van der Waals surface area contributed by atoms with Gasteiger partial charge in [0.2, 0.25) is 0 Å². The first-order valence-electron chi connectivity index (χ1n) is 6.31. The third-order valence-electron chi connectivity index (χ3n) is 2.59. The van der Waals surface area contributed by atoms with E-state index in [0.29, 0.717) is 0 Å². The topological polar surface area (TPSA) is 52.6 Å². The first kappa shape index (κ1) is 20.1. The van der Waals surface area contributed by atoms with Crippen LogP contribution < -0.4 is 0 Å². The van der Waals surface area contributed by atoms with Gasteiger partial charge in [-0.2, -0.15) is 17.6 Å². The average molecular weight is 326 g/mol. The fraction of sp³-hybridized carbons (Fsp3) is 0.571. The quantitative estimate of drug-likeness (QED) is 0.390. The van der Waals surface area contributed by atoms with Crippen LogP contribution in [-0.2, 0) is 19.1 Å². The minimum Gasteiger partial charge on any atom is -0.456 e. The van der Waals surface area contributed by atoms with Crippen molar-refractivity contribution in [2.75, 3.05) is 6.61 Å². The predicted octanol–water partition coefficient (Wildman–Crippen LogP) is 3.27. The zero-order chi connectivity index (χ0) is 17.7. The van der Waals surface area contributed by atoms with Crippen molar-refractivity contribution in [3.8, 4) is 0 Å². The van der Waals surface area contributed by atoms with E-state index in [-0.39, 0.29) is 11.1 Å². The Morgan fingerprint density at radius 3 is 1.86 bits per heavy atom. The van der Waals surface area contributed by atoms with E-state index < -0.39 is 42.9 Å². The van der Waals surface area contributed by atoms with Crippen molar-refractivity contribution < 1.29 is 36.6 Å². The van der Waals surface area contributed by atoms with Gasteiger partial charge in [-0.05, 0) is 20.3 Å². The summed E-state index contributed by atoms with van der Waals surface area (Å²) in [6.07, 6.45) is -2.94. The summed E-state index contributed by atoms with van der Waals surface area (Å²) in [6.45, 7) is 8.00. The molecule has 1 atom stereocenters. The Morgan fingerprint density at radius 2 is 1.50 bits per heavy atom. The van der Waals surface area contributed by atoms with Crippen LogP contribution in [0.5, 0.6) is 0 Å². The van der Waals surface area contributed by atoms with Crippen molar-refractivity contribution in [1.29, 1.82) is 0 Å². The summed E-state index contributed by atoms with van der Waals surface area (Å²) in [5, 5.41) is 0. The third-order valence-corrected chi connectivity index (χ3v) is 2.59. The maximum Gasteiger partial charge on any atom is 0.349 e. The van der Waals surface area contributed by atoms with Crippen molar-refractivity contribution in [3.63, 3.8) is 0 Å². The molecule has 0 aromatic rings. The van der Waals surface area contributed by atoms with E-state index in [9.17, 15) is 27.2 Å². The number of esters is 2. The fourth-order valence-corrected chi connectivity index (χ4v) is 1.25. The lowest BCUT2D eigenvalue weighted by atomic mass is 10.0. The Kier molecular flexibility index (Phi) is 6.79. The monoisotopic (exact) mass is 326 g/mol. The van der Waals surface area contributed by atoms with Gasteiger partial charge in [0.1, 0.15) is 0 Å². The first-order valence-corrected chi connectivity index (χ1v) is 6.31. The lowest BCUT2D eigenvalue weighted by Crippen LogP contribution is -2.53. The highest BCUT2D eigenvalue weighted by molar-refractivity contribution is 5.87. The Morgan fingerprint density at radius 1 is 1.05 bits per heavy atom. The van der Waals surface area contributed by atoms with Gasteiger partial charge in [0, 0.05) is 11.1 Å². The van der Waals surface area contributed by atoms with Gasteiger partial charge >= 0.3 is 23.8 Å². The summed E-state index contributed by atoms with van der Waals surface area (Å²) in [6, 6.07) is 0. The molecule has 0 aliphatic heterocycles. The molecule has 1 unspecified atom stereocenters. The standard InChI is InChI=1S/C14H18F4O4/c1-6-10(22-12(20)9(4)5)14(17,18)13(15,16)7-21-11(19)8(2)3/h10H,2,4,6-7H2,1,3,5H3. The van der Waals surface area contributed by atoms with E-state index in [2.05, 4.69) is 22.6 Å². The van der Waals surface area contributed by atoms with Crippen molar-refractivity contribution in [3.05, 3.63) is 24.3 Å². The molecule has 4 nitrogen and oxygen atoms in total. The van der Waals surface area contributed by atoms with Gasteiger partial charge < -0.3 is 9.47 Å². The zero-order valence-corrected chi connectivity index (χ0v) is 12.6. The molecule has 0 spiro atoms. The van der Waals surface area contributed by atoms with Crippen LogP contribution in [0.15, 0.2) is 24.3 Å². The minimum atomic E-state index is -4.72. The smallest absolute Gasteiger partial charge is 0.349 e. The van der Waals surface area contributed by atoms with Crippen molar-refractivity contribution in [2.24, 2.45) is 0 Å². The van der Waals surface area contributed by atoms with E-state index in [1.807, 2.05) is 0 Å². The van der Waals surface area contributed by atoms with Crippen molar-refractivity contribution in [1.82, 2.24) is 0 Å². The summed E-state index contributed by atoms with van der Waals surface area (Å²) in [4.78, 5) is 22.3. The lowest BCUT2D eigenvalue weighted by Gasteiger charge is -2.31. The second-order valence-electron chi connectivity index (χ2n) is 4.77. The van der Waals surface area contributed by atoms with Crippen LogP contribution >= 0.6 is 0 Å². The molecule has 0 saturated carbocycles. The molecule has 0 aromatic heterocycles. The lowest BCUT2D eigenvalue weighted by molar-refractivity contribution is -0.270. The SMILES string of the molecule is C=C(C)C(=O)OCC(F)(F)C(F)(F)C(CC)OC(=O)C(=C)C. The number of rotatable bonds is 8. The molecule has 0 aliphatic rings. The largest absolute Gasteiger partial charge is 0.456 e. The van der Waals surface area contributed by atoms with Gasteiger partial charge in [0.15, 0.2) is 12.7 Å². The summed E-state index contributed by atoms with van der Waals surface area (Å²) < 4.78 is 63.4. The highest BCUT2D eigenvalue weighted by atomic mass is 19.3. The number of alkyl halides is 4. The first-order chi connectivity index (χ1) is 9.86. The molecule has 0 rings (SSSR count). The van der Waals surface area contributed by atoms with E-state index in [0.717, 1.165) is 6.92 Å². The molecule has 0 radical (unpaired) electrons. The molecule has 0 bridgehead atoms. The Bertz CT molecular complexity index is 471. The van der Waals surface area contributed by atoms with E-state index >= 15 is 0 Å². The highest BCUT2D eigenvalue weighted by Gasteiger charge is 2.63. The number of hydrogen-bond acceptors (Lipinski definition) is 4. The minimum absolute atomic E-state index is 0.203. The average Bonchev–Trinajstić information content (AvgIpc) is 2.40. The molecule has 0 aromatic carbocycles. The summed E-state index contributed by atoms with van der Waals surface area (Å²) >= 11 is 0. The van der Waals surface area contributed by atoms with Crippen molar-refractivity contribution >= 4 is 11.9 Å². The Labute approximate surface area is 125 Å². The third kappa shape index (κ3) is 4.85. The Hall–Kier alpha value is -1.86. The summed E-state index contributed by atoms with van der Waals surface area (Å²) in [5.74, 6) is -11.9. The van der Waals surface area contributed by atoms with Crippen LogP contribution in [0.1, 0.15) is 27.2 Å². The van der Waals surface area contributed by atoms with Gasteiger partial charge in [-0.1, -0.05) is 20.1 Å². The van der Waals surface area contributed by atoms with E-state index in [1.165, 1.54) is 13.8 Å². The number of ether oxygens (including phenoxy) is 2. The highest BCUT2D eigenvalue weighted by Crippen LogP contribution is 2.40. The van der Waals surface area contributed by atoms with Crippen LogP contribution in [0.3, 0.4) is 0 Å². The number of carbonyl (C=O) groups excluding carboxylic acids is 2. The van der Waals surface area contributed by atoms with Gasteiger partial charge in [0.05, 0.1) is 0 Å². The molecule has 0 fully saturated rings.